The molecule has 0 bridgehead atoms. The zero-order chi connectivity index (χ0) is 10.3. The number of hydrogen-bond donors (Lipinski definition) is 2. The van der Waals surface area contributed by atoms with E-state index in [-0.39, 0.29) is 0 Å². The van der Waals surface area contributed by atoms with Gasteiger partial charge in [-0.2, -0.15) is 0 Å². The molecule has 14 heavy (non-hydrogen) atoms. The Kier molecular flexibility index (Phi) is 1.67. The van der Waals surface area contributed by atoms with Gasteiger partial charge in [0.2, 0.25) is 0 Å². The van der Waals surface area contributed by atoms with E-state index in [1.807, 2.05) is 6.92 Å². The summed E-state index contributed by atoms with van der Waals surface area (Å²) in [6, 6.07) is 5.00. The first-order valence-corrected chi connectivity index (χ1v) is 4.04. The third-order valence-electron chi connectivity index (χ3n) is 2.02. The molecule has 5 heteroatoms. The molecule has 0 saturated heterocycles. The lowest BCUT2D eigenvalue weighted by molar-refractivity contribution is 0.186. The number of nitrogens with one attached hydrogen (secondary N) is 1. The smallest absolute Gasteiger partial charge is 0.348 e. The Hall–Kier alpha value is -2.04. The molecule has 2 N–H and O–H groups in total. The lowest BCUT2D eigenvalue weighted by Gasteiger charge is -2.02. The van der Waals surface area contributed by atoms with Crippen LogP contribution in [0.15, 0.2) is 27.8 Å². The molecule has 0 aliphatic rings. The van der Waals surface area contributed by atoms with Crippen LogP contribution in [0.25, 0.3) is 11.0 Å². The third kappa shape index (κ3) is 1.10. The lowest BCUT2D eigenvalue weighted by Crippen LogP contribution is -2.35. The van der Waals surface area contributed by atoms with Crippen LogP contribution in [0.4, 0.5) is 0 Å². The second-order valence-electron chi connectivity index (χ2n) is 3.09. The number of hydrogen-bond acceptors (Lipinski definition) is 3. The van der Waals surface area contributed by atoms with E-state index in [2.05, 4.69) is 4.98 Å². The van der Waals surface area contributed by atoms with Gasteiger partial charge in [0.1, 0.15) is 5.52 Å². The van der Waals surface area contributed by atoms with Crippen molar-refractivity contribution < 1.29 is 5.21 Å². The van der Waals surface area contributed by atoms with Gasteiger partial charge in [0.05, 0.1) is 5.52 Å². The normalized spacial score (nSPS) is 10.6. The Morgan fingerprint density at radius 2 is 2.07 bits per heavy atom. The zero-order valence-electron chi connectivity index (χ0n) is 7.44. The number of benzene rings is 1. The Morgan fingerprint density at radius 1 is 1.36 bits per heavy atom. The number of H-pyrrole nitrogens is 1. The highest BCUT2D eigenvalue weighted by Crippen LogP contribution is 2.08. The number of aryl methyl sites for hydroxylation is 1. The van der Waals surface area contributed by atoms with E-state index in [1.165, 1.54) is 0 Å². The van der Waals surface area contributed by atoms with Gasteiger partial charge < -0.3 is 10.2 Å². The number of fused-ring (bicyclic) bond motifs is 1. The predicted molar refractivity (Wildman–Crippen MR) is 50.8 cm³/mol. The quantitative estimate of drug-likeness (QED) is 0.463. The van der Waals surface area contributed by atoms with Gasteiger partial charge in [0.15, 0.2) is 0 Å². The van der Waals surface area contributed by atoms with Gasteiger partial charge in [-0.3, -0.25) is 9.59 Å². The van der Waals surface area contributed by atoms with Crippen molar-refractivity contribution in [1.82, 2.24) is 9.71 Å². The Balaban J connectivity index is 3.06. The maximum atomic E-state index is 11.0. The molecule has 72 valence electrons. The average Bonchev–Trinajstić information content (AvgIpc) is 2.14. The minimum Gasteiger partial charge on any atom is -0.425 e. The first kappa shape index (κ1) is 8.55. The Morgan fingerprint density at radius 3 is 2.79 bits per heavy atom. The molecule has 0 spiro atoms. The summed E-state index contributed by atoms with van der Waals surface area (Å²) in [6.07, 6.45) is 0. The SMILES string of the molecule is Cc1ccc2c(c1)[nH]c(=O)c(=O)n2O. The van der Waals surface area contributed by atoms with Crippen LogP contribution in [0.3, 0.4) is 0 Å². The van der Waals surface area contributed by atoms with Gasteiger partial charge in [0.25, 0.3) is 0 Å². The van der Waals surface area contributed by atoms with Crippen molar-refractivity contribution in [3.63, 3.8) is 0 Å². The molecule has 1 aromatic carbocycles. The first-order valence-electron chi connectivity index (χ1n) is 4.04. The second kappa shape index (κ2) is 2.73. The molecular formula is C9H8N2O3. The van der Waals surface area contributed by atoms with Crippen molar-refractivity contribution in [3.8, 4) is 0 Å². The summed E-state index contributed by atoms with van der Waals surface area (Å²) < 4.78 is 0.355. The summed E-state index contributed by atoms with van der Waals surface area (Å²) in [6.45, 7) is 1.85. The van der Waals surface area contributed by atoms with E-state index in [0.29, 0.717) is 15.8 Å². The highest BCUT2D eigenvalue weighted by Gasteiger charge is 2.05. The molecule has 0 saturated carbocycles. The second-order valence-corrected chi connectivity index (χ2v) is 3.09. The summed E-state index contributed by atoms with van der Waals surface area (Å²) in [7, 11) is 0. The van der Waals surface area contributed by atoms with E-state index in [0.717, 1.165) is 5.56 Å². The highest BCUT2D eigenvalue weighted by molar-refractivity contribution is 5.74. The van der Waals surface area contributed by atoms with Gasteiger partial charge in [-0.1, -0.05) is 6.07 Å². The summed E-state index contributed by atoms with van der Waals surface area (Å²) in [4.78, 5) is 24.4. The topological polar surface area (TPSA) is 75.1 Å². The molecule has 0 amide bonds. The fourth-order valence-corrected chi connectivity index (χ4v) is 1.32. The molecule has 0 unspecified atom stereocenters. The van der Waals surface area contributed by atoms with E-state index in [4.69, 9.17) is 0 Å². The van der Waals surface area contributed by atoms with Gasteiger partial charge >= 0.3 is 11.1 Å². The van der Waals surface area contributed by atoms with Crippen LogP contribution in [-0.2, 0) is 0 Å². The standard InChI is InChI=1S/C9H8N2O3/c1-5-2-3-7-6(4-5)10-8(12)9(13)11(7)14/h2-4,14H,1H3,(H,10,12). The van der Waals surface area contributed by atoms with Crippen LogP contribution in [0.5, 0.6) is 0 Å². The molecule has 0 radical (unpaired) electrons. The zero-order valence-corrected chi connectivity index (χ0v) is 7.44. The van der Waals surface area contributed by atoms with E-state index in [9.17, 15) is 14.8 Å². The molecule has 0 atom stereocenters. The molecule has 5 nitrogen and oxygen atoms in total. The number of nitrogens with zero attached hydrogens (tertiary/aromatic N) is 1. The van der Waals surface area contributed by atoms with Gasteiger partial charge in [-0.25, -0.2) is 0 Å². The number of rotatable bonds is 0. The minimum atomic E-state index is -0.971. The molecule has 1 heterocycles. The lowest BCUT2D eigenvalue weighted by atomic mass is 10.2. The molecule has 0 aliphatic carbocycles. The van der Waals surface area contributed by atoms with Crippen molar-refractivity contribution in [2.45, 2.75) is 6.92 Å². The van der Waals surface area contributed by atoms with E-state index >= 15 is 0 Å². The molecule has 0 aliphatic heterocycles. The van der Waals surface area contributed by atoms with Crippen LogP contribution in [0, 0.1) is 6.92 Å². The molecular weight excluding hydrogens is 184 g/mol. The number of aromatic nitrogens is 2. The van der Waals surface area contributed by atoms with Gasteiger partial charge in [-0.05, 0) is 24.6 Å². The minimum absolute atomic E-state index is 0.292. The average molecular weight is 192 g/mol. The summed E-state index contributed by atoms with van der Waals surface area (Å²) in [5.74, 6) is 0. The van der Waals surface area contributed by atoms with Gasteiger partial charge in [-0.15, -0.1) is 4.73 Å². The van der Waals surface area contributed by atoms with Crippen LogP contribution < -0.4 is 11.1 Å². The van der Waals surface area contributed by atoms with Gasteiger partial charge in [0, 0.05) is 0 Å². The maximum Gasteiger partial charge on any atom is 0.348 e. The summed E-state index contributed by atoms with van der Waals surface area (Å²) >= 11 is 0. The maximum absolute atomic E-state index is 11.0. The summed E-state index contributed by atoms with van der Waals surface area (Å²) in [5.41, 5.74) is -0.129. The third-order valence-corrected chi connectivity index (χ3v) is 2.02. The monoisotopic (exact) mass is 192 g/mol. The van der Waals surface area contributed by atoms with Crippen molar-refractivity contribution in [1.29, 1.82) is 0 Å². The first-order chi connectivity index (χ1) is 6.59. The van der Waals surface area contributed by atoms with E-state index in [1.54, 1.807) is 18.2 Å². The Bertz CT molecular complexity index is 609. The largest absolute Gasteiger partial charge is 0.425 e. The van der Waals surface area contributed by atoms with E-state index < -0.39 is 11.1 Å². The molecule has 0 fully saturated rings. The predicted octanol–water partition coefficient (Wildman–Crippen LogP) is 0.236. The van der Waals surface area contributed by atoms with Crippen molar-refractivity contribution in [3.05, 3.63) is 44.5 Å². The van der Waals surface area contributed by atoms with Crippen molar-refractivity contribution in [2.75, 3.05) is 0 Å². The van der Waals surface area contributed by atoms with Crippen LogP contribution >= 0.6 is 0 Å². The summed E-state index contributed by atoms with van der Waals surface area (Å²) in [5, 5.41) is 9.31. The highest BCUT2D eigenvalue weighted by atomic mass is 16.5. The van der Waals surface area contributed by atoms with Crippen LogP contribution in [-0.4, -0.2) is 14.9 Å². The number of aromatic amines is 1. The fraction of sp³-hybridized carbons (Fsp3) is 0.111. The fourth-order valence-electron chi connectivity index (χ4n) is 1.32. The van der Waals surface area contributed by atoms with Crippen molar-refractivity contribution >= 4 is 11.0 Å². The Labute approximate surface area is 78.2 Å². The van der Waals surface area contributed by atoms with Crippen LogP contribution in [0.1, 0.15) is 5.56 Å². The molecule has 1 aromatic heterocycles. The van der Waals surface area contributed by atoms with Crippen LogP contribution in [0.2, 0.25) is 0 Å². The van der Waals surface area contributed by atoms with Crippen molar-refractivity contribution in [2.24, 2.45) is 0 Å². The molecule has 2 aromatic rings. The molecule has 2 rings (SSSR count).